The van der Waals surface area contributed by atoms with Gasteiger partial charge in [-0.05, 0) is 20.3 Å². The summed E-state index contributed by atoms with van der Waals surface area (Å²) >= 11 is 0. The molecule has 0 aromatic rings. The van der Waals surface area contributed by atoms with Crippen LogP contribution >= 0.6 is 0 Å². The zero-order chi connectivity index (χ0) is 14.2. The molecule has 7 heteroatoms. The van der Waals surface area contributed by atoms with E-state index in [0.717, 1.165) is 4.90 Å². The minimum Gasteiger partial charge on any atom is -0.391 e. The number of β-amino-alcohol motifs (C(OH)–C–C–N with tert-alkyl or cyclic N) is 1. The molecule has 2 aliphatic heterocycles. The summed E-state index contributed by atoms with van der Waals surface area (Å²) in [7, 11) is 0. The third kappa shape index (κ3) is 2.70. The number of hydrogen-bond acceptors (Lipinski definition) is 4. The lowest BCUT2D eigenvalue weighted by molar-refractivity contribution is -0.132. The standard InChI is InChI=1S/C12H19N3O4/c1-12(2)10(18)15(11(19)13-12)6-4-9(17)14-5-3-8(16)7-14/h8,16H,3-7H2,1-2H3,(H,13,19)/t8-/m1/s1. The van der Waals surface area contributed by atoms with Crippen LogP contribution in [0.3, 0.4) is 0 Å². The largest absolute Gasteiger partial charge is 0.391 e. The highest BCUT2D eigenvalue weighted by molar-refractivity contribution is 6.06. The van der Waals surface area contributed by atoms with E-state index in [1.807, 2.05) is 0 Å². The van der Waals surface area contributed by atoms with Gasteiger partial charge in [-0.2, -0.15) is 0 Å². The van der Waals surface area contributed by atoms with Crippen LogP contribution in [0.1, 0.15) is 26.7 Å². The molecule has 2 heterocycles. The third-order valence-electron chi connectivity index (χ3n) is 3.51. The molecular formula is C12H19N3O4. The molecule has 0 spiro atoms. The molecule has 0 radical (unpaired) electrons. The van der Waals surface area contributed by atoms with Gasteiger partial charge in [-0.1, -0.05) is 0 Å². The van der Waals surface area contributed by atoms with E-state index < -0.39 is 17.7 Å². The first-order valence-corrected chi connectivity index (χ1v) is 6.41. The van der Waals surface area contributed by atoms with E-state index in [-0.39, 0.29) is 24.8 Å². The lowest BCUT2D eigenvalue weighted by Gasteiger charge is -2.18. The molecule has 0 saturated carbocycles. The maximum Gasteiger partial charge on any atom is 0.325 e. The van der Waals surface area contributed by atoms with Gasteiger partial charge in [0.15, 0.2) is 0 Å². The van der Waals surface area contributed by atoms with Crippen LogP contribution in [-0.4, -0.2) is 64.0 Å². The second-order valence-electron chi connectivity index (χ2n) is 5.54. The Morgan fingerprint density at radius 1 is 1.47 bits per heavy atom. The minimum atomic E-state index is -0.899. The van der Waals surface area contributed by atoms with Gasteiger partial charge in [-0.15, -0.1) is 0 Å². The van der Waals surface area contributed by atoms with Gasteiger partial charge in [-0.3, -0.25) is 14.5 Å². The number of rotatable bonds is 3. The number of carbonyl (C=O) groups excluding carboxylic acids is 3. The number of urea groups is 1. The summed E-state index contributed by atoms with van der Waals surface area (Å²) in [6.45, 7) is 4.22. The molecule has 19 heavy (non-hydrogen) atoms. The summed E-state index contributed by atoms with van der Waals surface area (Å²) in [6, 6.07) is -0.454. The highest BCUT2D eigenvalue weighted by Crippen LogP contribution is 2.17. The van der Waals surface area contributed by atoms with Crippen LogP contribution in [0.25, 0.3) is 0 Å². The summed E-state index contributed by atoms with van der Waals surface area (Å²) in [5, 5.41) is 11.9. The highest BCUT2D eigenvalue weighted by atomic mass is 16.3. The zero-order valence-corrected chi connectivity index (χ0v) is 11.2. The Morgan fingerprint density at radius 2 is 2.16 bits per heavy atom. The van der Waals surface area contributed by atoms with Crippen molar-refractivity contribution in [3.05, 3.63) is 0 Å². The molecule has 0 bridgehead atoms. The molecule has 2 saturated heterocycles. The molecule has 2 N–H and O–H groups in total. The minimum absolute atomic E-state index is 0.0829. The van der Waals surface area contributed by atoms with E-state index in [0.29, 0.717) is 19.5 Å². The Kier molecular flexibility index (Phi) is 3.49. The number of hydrogen-bond donors (Lipinski definition) is 2. The van der Waals surface area contributed by atoms with Crippen molar-refractivity contribution in [3.63, 3.8) is 0 Å². The lowest BCUT2D eigenvalue weighted by Crippen LogP contribution is -2.41. The van der Waals surface area contributed by atoms with Crippen LogP contribution in [0.5, 0.6) is 0 Å². The molecule has 2 fully saturated rings. The van der Waals surface area contributed by atoms with Crippen molar-refractivity contribution in [1.82, 2.24) is 15.1 Å². The molecule has 1 atom stereocenters. The summed E-state index contributed by atoms with van der Waals surface area (Å²) in [6.07, 6.45) is 0.226. The van der Waals surface area contributed by atoms with E-state index in [4.69, 9.17) is 0 Å². The topological polar surface area (TPSA) is 90.0 Å². The number of imide groups is 1. The Bertz CT molecular complexity index is 421. The number of carbonyl (C=O) groups is 3. The molecule has 106 valence electrons. The first kappa shape index (κ1) is 13.8. The smallest absolute Gasteiger partial charge is 0.325 e. The fourth-order valence-corrected chi connectivity index (χ4v) is 2.35. The number of aliphatic hydroxyl groups excluding tert-OH is 1. The van der Waals surface area contributed by atoms with Gasteiger partial charge in [0.25, 0.3) is 5.91 Å². The van der Waals surface area contributed by atoms with E-state index >= 15 is 0 Å². The van der Waals surface area contributed by atoms with Crippen LogP contribution in [0.4, 0.5) is 4.79 Å². The van der Waals surface area contributed by atoms with Crippen molar-refractivity contribution in [2.75, 3.05) is 19.6 Å². The fourth-order valence-electron chi connectivity index (χ4n) is 2.35. The second kappa shape index (κ2) is 4.80. The van der Waals surface area contributed by atoms with Crippen LogP contribution < -0.4 is 5.32 Å². The fraction of sp³-hybridized carbons (Fsp3) is 0.750. The molecule has 4 amide bonds. The van der Waals surface area contributed by atoms with Crippen molar-refractivity contribution in [2.24, 2.45) is 0 Å². The predicted molar refractivity (Wildman–Crippen MR) is 66.1 cm³/mol. The normalized spacial score (nSPS) is 25.9. The second-order valence-corrected chi connectivity index (χ2v) is 5.54. The Labute approximate surface area is 111 Å². The first-order valence-electron chi connectivity index (χ1n) is 6.41. The van der Waals surface area contributed by atoms with Crippen molar-refractivity contribution in [3.8, 4) is 0 Å². The Balaban J connectivity index is 1.87. The average molecular weight is 269 g/mol. The molecule has 7 nitrogen and oxygen atoms in total. The number of likely N-dealkylation sites (tertiary alicyclic amines) is 1. The van der Waals surface area contributed by atoms with Gasteiger partial charge < -0.3 is 15.3 Å². The number of nitrogens with zero attached hydrogens (tertiary/aromatic N) is 2. The van der Waals surface area contributed by atoms with Gasteiger partial charge >= 0.3 is 6.03 Å². The van der Waals surface area contributed by atoms with Crippen molar-refractivity contribution >= 4 is 17.8 Å². The summed E-state index contributed by atoms with van der Waals surface area (Å²) in [4.78, 5) is 38.0. The summed E-state index contributed by atoms with van der Waals surface area (Å²) < 4.78 is 0. The molecule has 2 rings (SSSR count). The molecule has 0 aliphatic carbocycles. The van der Waals surface area contributed by atoms with Crippen molar-refractivity contribution in [1.29, 1.82) is 0 Å². The van der Waals surface area contributed by atoms with Crippen molar-refractivity contribution < 1.29 is 19.5 Å². The molecular weight excluding hydrogens is 250 g/mol. The van der Waals surface area contributed by atoms with Gasteiger partial charge in [0.05, 0.1) is 6.10 Å². The highest BCUT2D eigenvalue weighted by Gasteiger charge is 2.44. The quantitative estimate of drug-likeness (QED) is 0.663. The van der Waals surface area contributed by atoms with Gasteiger partial charge in [0.1, 0.15) is 5.54 Å². The third-order valence-corrected chi connectivity index (χ3v) is 3.51. The van der Waals surface area contributed by atoms with Crippen LogP contribution in [0, 0.1) is 0 Å². The number of nitrogens with one attached hydrogen (secondary N) is 1. The number of amides is 4. The first-order chi connectivity index (χ1) is 8.81. The van der Waals surface area contributed by atoms with Gasteiger partial charge in [0.2, 0.25) is 5.91 Å². The van der Waals surface area contributed by atoms with Crippen molar-refractivity contribution in [2.45, 2.75) is 38.3 Å². The Morgan fingerprint density at radius 3 is 2.63 bits per heavy atom. The summed E-state index contributed by atoms with van der Waals surface area (Å²) in [5.41, 5.74) is -0.899. The molecule has 2 aliphatic rings. The van der Waals surface area contributed by atoms with Gasteiger partial charge in [0, 0.05) is 26.1 Å². The lowest BCUT2D eigenvalue weighted by atomic mass is 10.1. The van der Waals surface area contributed by atoms with E-state index in [2.05, 4.69) is 5.32 Å². The maximum atomic E-state index is 11.9. The molecule has 0 unspecified atom stereocenters. The van der Waals surface area contributed by atoms with Crippen LogP contribution in [0.2, 0.25) is 0 Å². The van der Waals surface area contributed by atoms with Gasteiger partial charge in [-0.25, -0.2) is 4.79 Å². The van der Waals surface area contributed by atoms with E-state index in [1.165, 1.54) is 0 Å². The molecule has 0 aromatic heterocycles. The van der Waals surface area contributed by atoms with E-state index in [9.17, 15) is 19.5 Å². The monoisotopic (exact) mass is 269 g/mol. The van der Waals surface area contributed by atoms with Crippen LogP contribution in [0.15, 0.2) is 0 Å². The average Bonchev–Trinajstić information content (AvgIpc) is 2.81. The number of aliphatic hydroxyl groups is 1. The Hall–Kier alpha value is -1.63. The van der Waals surface area contributed by atoms with Crippen LogP contribution in [-0.2, 0) is 9.59 Å². The SMILES string of the molecule is CC1(C)NC(=O)N(CCC(=O)N2CC[C@@H](O)C2)C1=O. The summed E-state index contributed by atoms with van der Waals surface area (Å²) in [5.74, 6) is -0.450. The molecule has 0 aromatic carbocycles. The van der Waals surface area contributed by atoms with E-state index in [1.54, 1.807) is 18.7 Å². The predicted octanol–water partition coefficient (Wildman–Crippen LogP) is -0.700. The zero-order valence-electron chi connectivity index (χ0n) is 11.2. The maximum absolute atomic E-state index is 11.9.